The van der Waals surface area contributed by atoms with Gasteiger partial charge in [-0.2, -0.15) is 0 Å². The topological polar surface area (TPSA) is 50.2 Å². The average Bonchev–Trinajstić information content (AvgIpc) is 2.81. The van der Waals surface area contributed by atoms with E-state index in [-0.39, 0.29) is 0 Å². The Hall–Kier alpha value is -1.68. The molecule has 1 aromatic heterocycles. The van der Waals surface area contributed by atoms with Gasteiger partial charge in [0, 0.05) is 5.56 Å². The van der Waals surface area contributed by atoms with Crippen molar-refractivity contribution >= 4 is 17.3 Å². The van der Waals surface area contributed by atoms with E-state index in [9.17, 15) is 9.90 Å². The lowest BCUT2D eigenvalue weighted by Crippen LogP contribution is -1.98. The molecule has 0 fully saturated rings. The second kappa shape index (κ2) is 5.97. The maximum Gasteiger partial charge on any atom is 0.347 e. The van der Waals surface area contributed by atoms with Crippen molar-refractivity contribution in [2.45, 2.75) is 33.1 Å². The molecule has 0 saturated carbocycles. The molecule has 2 aromatic rings. The first kappa shape index (κ1) is 13.7. The van der Waals surface area contributed by atoms with Crippen LogP contribution in [0.25, 0.3) is 10.6 Å². The first-order valence-corrected chi connectivity index (χ1v) is 7.24. The lowest BCUT2D eigenvalue weighted by atomic mass is 10.1. The Labute approximate surface area is 116 Å². The average molecular weight is 275 g/mol. The van der Waals surface area contributed by atoms with Gasteiger partial charge in [-0.1, -0.05) is 37.6 Å². The zero-order valence-corrected chi connectivity index (χ0v) is 12.0. The summed E-state index contributed by atoms with van der Waals surface area (Å²) in [5.41, 5.74) is 2.87. The number of aryl methyl sites for hydroxylation is 2. The number of aromatic carboxylic acids is 1. The van der Waals surface area contributed by atoms with Gasteiger partial charge < -0.3 is 5.11 Å². The molecule has 100 valence electrons. The molecule has 1 aromatic carbocycles. The summed E-state index contributed by atoms with van der Waals surface area (Å²) in [7, 11) is 0. The van der Waals surface area contributed by atoms with Crippen LogP contribution in [0, 0.1) is 6.92 Å². The molecule has 0 saturated heterocycles. The predicted molar refractivity (Wildman–Crippen MR) is 77.9 cm³/mol. The lowest BCUT2D eigenvalue weighted by Gasteiger charge is -2.00. The van der Waals surface area contributed by atoms with Crippen molar-refractivity contribution in [2.75, 3.05) is 0 Å². The highest BCUT2D eigenvalue weighted by atomic mass is 32.1. The van der Waals surface area contributed by atoms with Crippen LogP contribution in [0.4, 0.5) is 0 Å². The number of carboxylic acids is 1. The van der Waals surface area contributed by atoms with Gasteiger partial charge in [-0.15, -0.1) is 11.3 Å². The summed E-state index contributed by atoms with van der Waals surface area (Å²) < 4.78 is 0. The predicted octanol–water partition coefficient (Wildman–Crippen LogP) is 4.16. The third-order valence-corrected chi connectivity index (χ3v) is 4.15. The molecule has 2 rings (SSSR count). The number of thiazole rings is 1. The van der Waals surface area contributed by atoms with Crippen LogP contribution in [0.5, 0.6) is 0 Å². The Kier molecular flexibility index (Phi) is 4.32. The monoisotopic (exact) mass is 275 g/mol. The summed E-state index contributed by atoms with van der Waals surface area (Å²) in [6.45, 7) is 4.11. The summed E-state index contributed by atoms with van der Waals surface area (Å²) in [4.78, 5) is 16.2. The van der Waals surface area contributed by atoms with Crippen molar-refractivity contribution < 1.29 is 9.90 Å². The second-order valence-corrected chi connectivity index (χ2v) is 5.52. The van der Waals surface area contributed by atoms with Crippen LogP contribution in [0.2, 0.25) is 0 Å². The number of carbonyl (C=O) groups is 1. The van der Waals surface area contributed by atoms with E-state index in [0.29, 0.717) is 4.88 Å². The van der Waals surface area contributed by atoms with Crippen molar-refractivity contribution in [1.82, 2.24) is 4.98 Å². The first-order valence-electron chi connectivity index (χ1n) is 6.42. The SMILES string of the molecule is CCCCc1nc(-c2ccccc2C)sc1C(=O)O. The molecule has 4 heteroatoms. The number of hydrogen-bond acceptors (Lipinski definition) is 3. The van der Waals surface area contributed by atoms with Gasteiger partial charge in [0.2, 0.25) is 0 Å². The molecule has 1 heterocycles. The summed E-state index contributed by atoms with van der Waals surface area (Å²) >= 11 is 1.27. The minimum absolute atomic E-state index is 0.381. The smallest absolute Gasteiger partial charge is 0.347 e. The van der Waals surface area contributed by atoms with Gasteiger partial charge in [0.15, 0.2) is 0 Å². The lowest BCUT2D eigenvalue weighted by molar-refractivity contribution is 0.0700. The van der Waals surface area contributed by atoms with Gasteiger partial charge in [0.05, 0.1) is 5.69 Å². The van der Waals surface area contributed by atoms with Crippen LogP contribution in [-0.2, 0) is 6.42 Å². The van der Waals surface area contributed by atoms with Crippen LogP contribution in [0.3, 0.4) is 0 Å². The normalized spacial score (nSPS) is 10.6. The Bertz CT molecular complexity index is 590. The van der Waals surface area contributed by atoms with Crippen molar-refractivity contribution in [3.8, 4) is 10.6 Å². The molecule has 19 heavy (non-hydrogen) atoms. The van der Waals surface area contributed by atoms with Crippen molar-refractivity contribution in [2.24, 2.45) is 0 Å². The molecular weight excluding hydrogens is 258 g/mol. The van der Waals surface area contributed by atoms with Gasteiger partial charge in [-0.25, -0.2) is 9.78 Å². The first-order chi connectivity index (χ1) is 9.13. The van der Waals surface area contributed by atoms with Gasteiger partial charge in [0.25, 0.3) is 0 Å². The number of unbranched alkanes of at least 4 members (excludes halogenated alkanes) is 1. The van der Waals surface area contributed by atoms with E-state index in [1.165, 1.54) is 11.3 Å². The third-order valence-electron chi connectivity index (χ3n) is 3.03. The van der Waals surface area contributed by atoms with Crippen LogP contribution in [-0.4, -0.2) is 16.1 Å². The zero-order chi connectivity index (χ0) is 13.8. The highest BCUT2D eigenvalue weighted by Gasteiger charge is 2.18. The molecule has 0 aliphatic heterocycles. The molecule has 3 nitrogen and oxygen atoms in total. The zero-order valence-electron chi connectivity index (χ0n) is 11.1. The summed E-state index contributed by atoms with van der Waals surface area (Å²) in [5, 5.41) is 10.1. The number of nitrogens with zero attached hydrogens (tertiary/aromatic N) is 1. The van der Waals surface area contributed by atoms with Crippen LogP contribution in [0.15, 0.2) is 24.3 Å². The fourth-order valence-electron chi connectivity index (χ4n) is 1.96. The molecule has 0 atom stereocenters. The molecule has 0 amide bonds. The maximum atomic E-state index is 11.3. The van der Waals surface area contributed by atoms with Gasteiger partial charge >= 0.3 is 5.97 Å². The number of hydrogen-bond donors (Lipinski definition) is 1. The van der Waals surface area contributed by atoms with Gasteiger partial charge in [-0.05, 0) is 25.3 Å². The molecule has 0 aliphatic rings. The van der Waals surface area contributed by atoms with E-state index in [1.54, 1.807) is 0 Å². The van der Waals surface area contributed by atoms with Crippen molar-refractivity contribution in [1.29, 1.82) is 0 Å². The highest BCUT2D eigenvalue weighted by molar-refractivity contribution is 7.17. The fourth-order valence-corrected chi connectivity index (χ4v) is 3.00. The Morgan fingerprint density at radius 3 is 2.74 bits per heavy atom. The standard InChI is InChI=1S/C15H17NO2S/c1-3-4-9-12-13(15(17)18)19-14(16-12)11-8-6-5-7-10(11)2/h5-8H,3-4,9H2,1-2H3,(H,17,18). The maximum absolute atomic E-state index is 11.3. The Balaban J connectivity index is 2.43. The molecule has 1 N–H and O–H groups in total. The fraction of sp³-hybridized carbons (Fsp3) is 0.333. The molecule has 0 aliphatic carbocycles. The molecule has 0 radical (unpaired) electrons. The number of rotatable bonds is 5. The number of benzene rings is 1. The van der Waals surface area contributed by atoms with E-state index in [0.717, 1.165) is 41.1 Å². The van der Waals surface area contributed by atoms with E-state index >= 15 is 0 Å². The Morgan fingerprint density at radius 2 is 2.11 bits per heavy atom. The molecule has 0 bridgehead atoms. The van der Waals surface area contributed by atoms with Gasteiger partial charge in [0.1, 0.15) is 9.88 Å². The number of carboxylic acid groups (broad SMARTS) is 1. The van der Waals surface area contributed by atoms with E-state index in [1.807, 2.05) is 31.2 Å². The molecule has 0 unspecified atom stereocenters. The van der Waals surface area contributed by atoms with Crippen molar-refractivity contribution in [3.63, 3.8) is 0 Å². The summed E-state index contributed by atoms with van der Waals surface area (Å²) in [6.07, 6.45) is 2.74. The highest BCUT2D eigenvalue weighted by Crippen LogP contribution is 2.31. The summed E-state index contributed by atoms with van der Waals surface area (Å²) in [6, 6.07) is 7.94. The summed E-state index contributed by atoms with van der Waals surface area (Å²) in [5.74, 6) is -0.872. The number of aromatic nitrogens is 1. The van der Waals surface area contributed by atoms with Gasteiger partial charge in [-0.3, -0.25) is 0 Å². The molecular formula is C15H17NO2S. The third kappa shape index (κ3) is 3.01. The second-order valence-electron chi connectivity index (χ2n) is 4.52. The largest absolute Gasteiger partial charge is 0.477 e. The van der Waals surface area contributed by atoms with Crippen LogP contribution in [0.1, 0.15) is 40.7 Å². The quantitative estimate of drug-likeness (QED) is 0.891. The minimum Gasteiger partial charge on any atom is -0.477 e. The van der Waals surface area contributed by atoms with Crippen LogP contribution >= 0.6 is 11.3 Å². The van der Waals surface area contributed by atoms with Crippen LogP contribution < -0.4 is 0 Å². The van der Waals surface area contributed by atoms with E-state index in [4.69, 9.17) is 0 Å². The van der Waals surface area contributed by atoms with Crippen molar-refractivity contribution in [3.05, 3.63) is 40.4 Å². The molecule has 0 spiro atoms. The Morgan fingerprint density at radius 1 is 1.37 bits per heavy atom. The minimum atomic E-state index is -0.872. The van der Waals surface area contributed by atoms with E-state index < -0.39 is 5.97 Å². The van der Waals surface area contributed by atoms with E-state index in [2.05, 4.69) is 11.9 Å².